The second-order valence-corrected chi connectivity index (χ2v) is 7.29. The number of nitrogens with zero attached hydrogens (tertiary/aromatic N) is 2. The van der Waals surface area contributed by atoms with Crippen molar-refractivity contribution in [3.63, 3.8) is 0 Å². The van der Waals surface area contributed by atoms with E-state index in [-0.39, 0.29) is 19.0 Å². The summed E-state index contributed by atoms with van der Waals surface area (Å²) in [5.74, 6) is -0.916. The monoisotopic (exact) mass is 433 g/mol. The van der Waals surface area contributed by atoms with Gasteiger partial charge in [-0.2, -0.15) is 0 Å². The standard InChI is InChI=1S/C19H17BrClN3O2/c1-23-15-5-3-2-4-14(15)17(21)18(23)19(26)24(11-16(22)25)10-12-6-8-13(20)9-7-12/h2-9H,10-11H2,1H3,(H2,22,25). The fourth-order valence-corrected chi connectivity index (χ4v) is 3.56. The van der Waals surface area contributed by atoms with Gasteiger partial charge in [-0.3, -0.25) is 9.59 Å². The number of para-hydroxylation sites is 1. The van der Waals surface area contributed by atoms with Crippen LogP contribution in [0.3, 0.4) is 0 Å². The van der Waals surface area contributed by atoms with Gasteiger partial charge < -0.3 is 15.2 Å². The predicted molar refractivity (Wildman–Crippen MR) is 106 cm³/mol. The Morgan fingerprint density at radius 1 is 1.15 bits per heavy atom. The van der Waals surface area contributed by atoms with Crippen molar-refractivity contribution in [1.29, 1.82) is 0 Å². The molecule has 0 bridgehead atoms. The lowest BCUT2D eigenvalue weighted by Gasteiger charge is -2.22. The molecule has 0 fully saturated rings. The van der Waals surface area contributed by atoms with Gasteiger partial charge in [-0.15, -0.1) is 0 Å². The maximum atomic E-state index is 13.2. The average Bonchev–Trinajstić information content (AvgIpc) is 2.87. The number of hydrogen-bond donors (Lipinski definition) is 1. The van der Waals surface area contributed by atoms with E-state index in [1.807, 2.05) is 48.5 Å². The summed E-state index contributed by atoms with van der Waals surface area (Å²) in [6, 6.07) is 15.0. The lowest BCUT2D eigenvalue weighted by Crippen LogP contribution is -2.38. The Morgan fingerprint density at radius 2 is 1.81 bits per heavy atom. The number of aromatic nitrogens is 1. The summed E-state index contributed by atoms with van der Waals surface area (Å²) >= 11 is 9.85. The van der Waals surface area contributed by atoms with Crippen LogP contribution in [0.5, 0.6) is 0 Å². The highest BCUT2D eigenvalue weighted by atomic mass is 79.9. The number of primary amides is 1. The predicted octanol–water partition coefficient (Wildman–Crippen LogP) is 3.72. The molecule has 0 unspecified atom stereocenters. The number of benzene rings is 2. The lowest BCUT2D eigenvalue weighted by molar-refractivity contribution is -0.118. The Kier molecular flexibility index (Phi) is 5.34. The SMILES string of the molecule is Cn1c(C(=O)N(CC(N)=O)Cc2ccc(Br)cc2)c(Cl)c2ccccc21. The molecule has 2 amide bonds. The van der Waals surface area contributed by atoms with Gasteiger partial charge in [-0.05, 0) is 23.8 Å². The zero-order chi connectivity index (χ0) is 18.8. The van der Waals surface area contributed by atoms with E-state index in [0.717, 1.165) is 20.9 Å². The molecular weight excluding hydrogens is 418 g/mol. The van der Waals surface area contributed by atoms with Gasteiger partial charge in [0.25, 0.3) is 5.91 Å². The quantitative estimate of drug-likeness (QED) is 0.665. The minimum absolute atomic E-state index is 0.188. The highest BCUT2D eigenvalue weighted by Crippen LogP contribution is 2.31. The summed E-state index contributed by atoms with van der Waals surface area (Å²) in [6.07, 6.45) is 0. The Bertz CT molecular complexity index is 943. The van der Waals surface area contributed by atoms with Gasteiger partial charge in [0.2, 0.25) is 5.91 Å². The Labute approximate surface area is 164 Å². The topological polar surface area (TPSA) is 68.3 Å². The van der Waals surface area contributed by atoms with E-state index < -0.39 is 5.91 Å². The summed E-state index contributed by atoms with van der Waals surface area (Å²) < 4.78 is 2.68. The highest BCUT2D eigenvalue weighted by Gasteiger charge is 2.25. The van der Waals surface area contributed by atoms with Crippen LogP contribution < -0.4 is 5.73 Å². The Balaban J connectivity index is 2.00. The Morgan fingerprint density at radius 3 is 2.42 bits per heavy atom. The second-order valence-electron chi connectivity index (χ2n) is 5.99. The van der Waals surface area contributed by atoms with Crippen molar-refractivity contribution in [3.05, 3.63) is 69.3 Å². The van der Waals surface area contributed by atoms with Crippen LogP contribution in [0, 0.1) is 0 Å². The van der Waals surface area contributed by atoms with Crippen LogP contribution in [0.1, 0.15) is 16.1 Å². The number of rotatable bonds is 5. The van der Waals surface area contributed by atoms with E-state index in [1.54, 1.807) is 11.6 Å². The molecule has 0 aliphatic heterocycles. The lowest BCUT2D eigenvalue weighted by atomic mass is 10.2. The summed E-state index contributed by atoms with van der Waals surface area (Å²) in [4.78, 5) is 26.1. The van der Waals surface area contributed by atoms with Gasteiger partial charge in [0.05, 0.1) is 5.02 Å². The van der Waals surface area contributed by atoms with Crippen molar-refractivity contribution >= 4 is 50.2 Å². The number of nitrogens with two attached hydrogens (primary N) is 1. The molecule has 0 atom stereocenters. The maximum Gasteiger partial charge on any atom is 0.272 e. The van der Waals surface area contributed by atoms with Crippen molar-refractivity contribution in [2.24, 2.45) is 12.8 Å². The molecule has 1 aromatic heterocycles. The van der Waals surface area contributed by atoms with Crippen LogP contribution in [0.4, 0.5) is 0 Å². The highest BCUT2D eigenvalue weighted by molar-refractivity contribution is 9.10. The molecule has 0 spiro atoms. The molecule has 3 aromatic rings. The number of carbonyl (C=O) groups excluding carboxylic acids is 2. The van der Waals surface area contributed by atoms with Crippen molar-refractivity contribution in [2.45, 2.75) is 6.54 Å². The van der Waals surface area contributed by atoms with E-state index >= 15 is 0 Å². The normalized spacial score (nSPS) is 10.9. The maximum absolute atomic E-state index is 13.2. The van der Waals surface area contributed by atoms with Crippen molar-refractivity contribution in [2.75, 3.05) is 6.54 Å². The van der Waals surface area contributed by atoms with Crippen LogP contribution in [0.25, 0.3) is 10.9 Å². The molecule has 2 N–H and O–H groups in total. The summed E-state index contributed by atoms with van der Waals surface area (Å²) in [6.45, 7) is 0.0691. The third kappa shape index (κ3) is 3.61. The van der Waals surface area contributed by atoms with Crippen molar-refractivity contribution < 1.29 is 9.59 Å². The van der Waals surface area contributed by atoms with Crippen molar-refractivity contribution in [3.8, 4) is 0 Å². The molecule has 3 rings (SSSR count). The van der Waals surface area contributed by atoms with Gasteiger partial charge in [-0.25, -0.2) is 0 Å². The number of aryl methyl sites for hydroxylation is 1. The van der Waals surface area contributed by atoms with Crippen LogP contribution in [0.2, 0.25) is 5.02 Å². The molecule has 0 saturated carbocycles. The first kappa shape index (κ1) is 18.5. The van der Waals surface area contributed by atoms with Gasteiger partial charge >= 0.3 is 0 Å². The van der Waals surface area contributed by atoms with E-state index in [9.17, 15) is 9.59 Å². The molecule has 0 radical (unpaired) electrons. The minimum atomic E-state index is -0.578. The Hall–Kier alpha value is -2.31. The van der Waals surface area contributed by atoms with E-state index in [1.165, 1.54) is 4.90 Å². The number of carbonyl (C=O) groups is 2. The fraction of sp³-hybridized carbons (Fsp3) is 0.158. The molecule has 0 aliphatic rings. The molecule has 2 aromatic carbocycles. The number of hydrogen-bond acceptors (Lipinski definition) is 2. The summed E-state index contributed by atoms with van der Waals surface area (Å²) in [5, 5.41) is 1.17. The van der Waals surface area contributed by atoms with Crippen LogP contribution >= 0.6 is 27.5 Å². The molecule has 1 heterocycles. The second kappa shape index (κ2) is 7.51. The largest absolute Gasteiger partial charge is 0.368 e. The summed E-state index contributed by atoms with van der Waals surface area (Å²) in [7, 11) is 1.78. The fourth-order valence-electron chi connectivity index (χ4n) is 2.93. The van der Waals surface area contributed by atoms with Crippen LogP contribution in [-0.4, -0.2) is 27.8 Å². The van der Waals surface area contributed by atoms with E-state index in [0.29, 0.717) is 10.7 Å². The number of fused-ring (bicyclic) bond motifs is 1. The molecule has 26 heavy (non-hydrogen) atoms. The minimum Gasteiger partial charge on any atom is -0.368 e. The number of amides is 2. The molecule has 134 valence electrons. The van der Waals surface area contributed by atoms with Gasteiger partial charge in [0.1, 0.15) is 12.2 Å². The smallest absolute Gasteiger partial charge is 0.272 e. The van der Waals surface area contributed by atoms with E-state index in [4.69, 9.17) is 17.3 Å². The zero-order valence-electron chi connectivity index (χ0n) is 14.1. The molecule has 5 nitrogen and oxygen atoms in total. The third-order valence-electron chi connectivity index (χ3n) is 4.17. The van der Waals surface area contributed by atoms with Crippen LogP contribution in [-0.2, 0) is 18.4 Å². The first-order chi connectivity index (χ1) is 12.4. The third-order valence-corrected chi connectivity index (χ3v) is 5.08. The first-order valence-corrected chi connectivity index (χ1v) is 9.10. The molecular formula is C19H17BrClN3O2. The average molecular weight is 435 g/mol. The van der Waals surface area contributed by atoms with Crippen LogP contribution in [0.15, 0.2) is 53.0 Å². The first-order valence-electron chi connectivity index (χ1n) is 7.93. The van der Waals surface area contributed by atoms with Crippen molar-refractivity contribution in [1.82, 2.24) is 9.47 Å². The van der Waals surface area contributed by atoms with Gasteiger partial charge in [0, 0.05) is 29.0 Å². The molecule has 7 heteroatoms. The van der Waals surface area contributed by atoms with Gasteiger partial charge in [0.15, 0.2) is 0 Å². The van der Waals surface area contributed by atoms with Gasteiger partial charge in [-0.1, -0.05) is 57.9 Å². The van der Waals surface area contributed by atoms with E-state index in [2.05, 4.69) is 15.9 Å². The summed E-state index contributed by atoms with van der Waals surface area (Å²) in [5.41, 5.74) is 7.43. The molecule has 0 saturated heterocycles. The zero-order valence-corrected chi connectivity index (χ0v) is 16.4. The molecule has 0 aliphatic carbocycles. The number of halogens is 2.